The highest BCUT2D eigenvalue weighted by Gasteiger charge is 2.05. The van der Waals surface area contributed by atoms with E-state index < -0.39 is 0 Å². The van der Waals surface area contributed by atoms with Crippen LogP contribution in [0.5, 0.6) is 5.75 Å². The lowest BCUT2D eigenvalue weighted by atomic mass is 10.0. The van der Waals surface area contributed by atoms with E-state index in [0.717, 1.165) is 27.8 Å². The van der Waals surface area contributed by atoms with Gasteiger partial charge in [0, 0.05) is 6.54 Å². The molecule has 3 rings (SSSR count). The minimum atomic E-state index is -0.123. The highest BCUT2D eigenvalue weighted by molar-refractivity contribution is 5.86. The average molecular weight is 319 g/mol. The topological polar surface area (TPSA) is 38.3 Å². The molecule has 0 aliphatic rings. The Bertz CT molecular complexity index is 845. The summed E-state index contributed by atoms with van der Waals surface area (Å²) >= 11 is 0. The third kappa shape index (κ3) is 3.93. The number of amides is 1. The number of rotatable bonds is 5. The Balaban J connectivity index is 1.59. The number of carbonyl (C=O) groups excluding carboxylic acids is 1. The summed E-state index contributed by atoms with van der Waals surface area (Å²) in [6.45, 7) is 4.55. The number of fused-ring (bicyclic) bond motifs is 1. The van der Waals surface area contributed by atoms with E-state index in [1.165, 1.54) is 5.39 Å². The first-order valence-electron chi connectivity index (χ1n) is 8.06. The molecule has 0 heterocycles. The van der Waals surface area contributed by atoms with Crippen LogP contribution in [0.15, 0.2) is 60.7 Å². The molecule has 0 fully saturated rings. The second-order valence-corrected chi connectivity index (χ2v) is 6.03. The van der Waals surface area contributed by atoms with Gasteiger partial charge >= 0.3 is 0 Å². The summed E-state index contributed by atoms with van der Waals surface area (Å²) in [6.07, 6.45) is 0. The largest absolute Gasteiger partial charge is 0.484 e. The molecule has 0 bridgehead atoms. The zero-order valence-corrected chi connectivity index (χ0v) is 14.0. The van der Waals surface area contributed by atoms with Crippen molar-refractivity contribution in [2.45, 2.75) is 20.4 Å². The molecule has 24 heavy (non-hydrogen) atoms. The molecule has 0 aliphatic carbocycles. The Hall–Kier alpha value is -2.81. The maximum Gasteiger partial charge on any atom is 0.258 e. The lowest BCUT2D eigenvalue weighted by molar-refractivity contribution is -0.123. The molecule has 3 aromatic rings. The molecule has 0 aromatic heterocycles. The quantitative estimate of drug-likeness (QED) is 0.767. The number of ether oxygens (including phenoxy) is 1. The van der Waals surface area contributed by atoms with Crippen LogP contribution in [0, 0.1) is 13.8 Å². The highest BCUT2D eigenvalue weighted by Crippen LogP contribution is 2.18. The third-order valence-corrected chi connectivity index (χ3v) is 3.92. The standard InChI is InChI=1S/C21H21NO2/c1-15-10-16(2)12-19(11-15)24-14-21(23)22-13-18-8-5-7-17-6-3-4-9-20(17)18/h3-12H,13-14H2,1-2H3,(H,22,23). The maximum atomic E-state index is 12.1. The smallest absolute Gasteiger partial charge is 0.258 e. The van der Waals surface area contributed by atoms with E-state index in [1.807, 2.05) is 50.2 Å². The zero-order valence-electron chi connectivity index (χ0n) is 14.0. The number of nitrogens with one attached hydrogen (secondary N) is 1. The van der Waals surface area contributed by atoms with Crippen LogP contribution in [-0.4, -0.2) is 12.5 Å². The first-order chi connectivity index (χ1) is 11.6. The summed E-state index contributed by atoms with van der Waals surface area (Å²) in [7, 11) is 0. The molecule has 1 N–H and O–H groups in total. The van der Waals surface area contributed by atoms with Gasteiger partial charge in [0.2, 0.25) is 0 Å². The van der Waals surface area contributed by atoms with Gasteiger partial charge in [-0.05, 0) is 53.4 Å². The minimum absolute atomic E-state index is 0.0215. The second kappa shape index (κ2) is 7.18. The number of hydrogen-bond donors (Lipinski definition) is 1. The summed E-state index contributed by atoms with van der Waals surface area (Å²) in [5, 5.41) is 5.27. The molecule has 0 atom stereocenters. The van der Waals surface area contributed by atoms with E-state index in [1.54, 1.807) is 0 Å². The van der Waals surface area contributed by atoms with Gasteiger partial charge in [-0.3, -0.25) is 4.79 Å². The van der Waals surface area contributed by atoms with E-state index in [0.29, 0.717) is 6.54 Å². The maximum absolute atomic E-state index is 12.1. The molecule has 0 aliphatic heterocycles. The Kier molecular flexibility index (Phi) is 4.80. The lowest BCUT2D eigenvalue weighted by Crippen LogP contribution is -2.28. The highest BCUT2D eigenvalue weighted by atomic mass is 16.5. The summed E-state index contributed by atoms with van der Waals surface area (Å²) in [5.74, 6) is 0.606. The van der Waals surface area contributed by atoms with E-state index in [2.05, 4.69) is 29.6 Å². The zero-order chi connectivity index (χ0) is 16.9. The van der Waals surface area contributed by atoms with Crippen molar-refractivity contribution in [2.75, 3.05) is 6.61 Å². The summed E-state index contributed by atoms with van der Waals surface area (Å²) in [6, 6.07) is 20.2. The Morgan fingerprint density at radius 1 is 0.958 bits per heavy atom. The van der Waals surface area contributed by atoms with Crippen LogP contribution in [0.2, 0.25) is 0 Å². The van der Waals surface area contributed by atoms with Gasteiger partial charge in [0.25, 0.3) is 5.91 Å². The van der Waals surface area contributed by atoms with E-state index >= 15 is 0 Å². The Morgan fingerprint density at radius 2 is 1.67 bits per heavy atom. The monoisotopic (exact) mass is 319 g/mol. The fourth-order valence-corrected chi connectivity index (χ4v) is 2.86. The molecule has 122 valence electrons. The van der Waals surface area contributed by atoms with Gasteiger partial charge in [-0.2, -0.15) is 0 Å². The van der Waals surface area contributed by atoms with Crippen LogP contribution in [0.3, 0.4) is 0 Å². The van der Waals surface area contributed by atoms with Crippen molar-refractivity contribution < 1.29 is 9.53 Å². The van der Waals surface area contributed by atoms with Crippen LogP contribution >= 0.6 is 0 Å². The summed E-state index contributed by atoms with van der Waals surface area (Å²) in [4.78, 5) is 12.1. The van der Waals surface area contributed by atoms with E-state index in [9.17, 15) is 4.79 Å². The fourth-order valence-electron chi connectivity index (χ4n) is 2.86. The van der Waals surface area contributed by atoms with Crippen LogP contribution < -0.4 is 10.1 Å². The van der Waals surface area contributed by atoms with Gasteiger partial charge in [0.15, 0.2) is 6.61 Å². The van der Waals surface area contributed by atoms with Crippen molar-refractivity contribution in [3.63, 3.8) is 0 Å². The normalized spacial score (nSPS) is 10.6. The minimum Gasteiger partial charge on any atom is -0.484 e. The second-order valence-electron chi connectivity index (χ2n) is 6.03. The molecule has 3 aromatic carbocycles. The van der Waals surface area contributed by atoms with Crippen LogP contribution in [0.4, 0.5) is 0 Å². The molecular weight excluding hydrogens is 298 g/mol. The molecule has 0 spiro atoms. The van der Waals surface area contributed by atoms with E-state index in [-0.39, 0.29) is 12.5 Å². The molecule has 1 amide bonds. The SMILES string of the molecule is Cc1cc(C)cc(OCC(=O)NCc2cccc3ccccc23)c1. The molecular formula is C21H21NO2. The van der Waals surface area contributed by atoms with Gasteiger partial charge in [0.1, 0.15) is 5.75 Å². The first kappa shape index (κ1) is 16.1. The molecule has 0 unspecified atom stereocenters. The molecule has 0 saturated heterocycles. The number of aryl methyl sites for hydroxylation is 2. The number of carbonyl (C=O) groups is 1. The van der Waals surface area contributed by atoms with Crippen molar-refractivity contribution in [1.29, 1.82) is 0 Å². The first-order valence-corrected chi connectivity index (χ1v) is 8.06. The van der Waals surface area contributed by atoms with Crippen molar-refractivity contribution in [1.82, 2.24) is 5.32 Å². The van der Waals surface area contributed by atoms with Crippen molar-refractivity contribution in [3.8, 4) is 5.75 Å². The summed E-state index contributed by atoms with van der Waals surface area (Å²) in [5.41, 5.74) is 3.36. The number of benzene rings is 3. The van der Waals surface area contributed by atoms with Gasteiger partial charge in [-0.25, -0.2) is 0 Å². The predicted octanol–water partition coefficient (Wildman–Crippen LogP) is 4.15. The van der Waals surface area contributed by atoms with Crippen molar-refractivity contribution >= 4 is 16.7 Å². The Labute approximate surface area is 142 Å². The van der Waals surface area contributed by atoms with Crippen LogP contribution in [0.25, 0.3) is 10.8 Å². The van der Waals surface area contributed by atoms with Gasteiger partial charge in [-0.1, -0.05) is 48.5 Å². The molecule has 3 nitrogen and oxygen atoms in total. The Morgan fingerprint density at radius 3 is 2.46 bits per heavy atom. The predicted molar refractivity (Wildman–Crippen MR) is 97.2 cm³/mol. The van der Waals surface area contributed by atoms with E-state index in [4.69, 9.17) is 4.74 Å². The van der Waals surface area contributed by atoms with Crippen LogP contribution in [0.1, 0.15) is 16.7 Å². The van der Waals surface area contributed by atoms with Gasteiger partial charge in [0.05, 0.1) is 0 Å². The fraction of sp³-hybridized carbons (Fsp3) is 0.190. The van der Waals surface area contributed by atoms with Gasteiger partial charge < -0.3 is 10.1 Å². The molecule has 0 saturated carbocycles. The van der Waals surface area contributed by atoms with Crippen LogP contribution in [-0.2, 0) is 11.3 Å². The average Bonchev–Trinajstić information content (AvgIpc) is 2.57. The van der Waals surface area contributed by atoms with Crippen molar-refractivity contribution in [3.05, 3.63) is 77.4 Å². The molecule has 0 radical (unpaired) electrons. The number of hydrogen-bond acceptors (Lipinski definition) is 2. The summed E-state index contributed by atoms with van der Waals surface area (Å²) < 4.78 is 5.59. The lowest BCUT2D eigenvalue weighted by Gasteiger charge is -2.10. The molecule has 3 heteroatoms. The third-order valence-electron chi connectivity index (χ3n) is 3.92. The van der Waals surface area contributed by atoms with Crippen molar-refractivity contribution in [2.24, 2.45) is 0 Å². The van der Waals surface area contributed by atoms with Gasteiger partial charge in [-0.15, -0.1) is 0 Å².